The van der Waals surface area contributed by atoms with E-state index in [0.29, 0.717) is 5.56 Å². The van der Waals surface area contributed by atoms with Gasteiger partial charge in [0.1, 0.15) is 5.65 Å². The number of aldehydes is 1. The summed E-state index contributed by atoms with van der Waals surface area (Å²) in [7, 11) is 0. The first kappa shape index (κ1) is 14.7. The van der Waals surface area contributed by atoms with Gasteiger partial charge in [0.05, 0.1) is 22.1 Å². The van der Waals surface area contributed by atoms with E-state index in [-0.39, 0.29) is 0 Å². The van der Waals surface area contributed by atoms with Crippen molar-refractivity contribution in [2.24, 2.45) is 0 Å². The molecule has 4 aromatic rings. The van der Waals surface area contributed by atoms with Crippen LogP contribution in [0.5, 0.6) is 0 Å². The molecule has 0 N–H and O–H groups in total. The Morgan fingerprint density at radius 2 is 1.83 bits per heavy atom. The van der Waals surface area contributed by atoms with Crippen LogP contribution in [-0.2, 0) is 0 Å². The topological polar surface area (TPSA) is 37.6 Å². The Kier molecular flexibility index (Phi) is 3.45. The van der Waals surface area contributed by atoms with Crippen LogP contribution >= 0.6 is 0 Å². The number of benzene rings is 2. The zero-order valence-corrected chi connectivity index (χ0v) is 13.9. The van der Waals surface area contributed by atoms with Gasteiger partial charge in [0.25, 0.3) is 0 Å². The van der Waals surface area contributed by atoms with Gasteiger partial charge in [0.15, 0.2) is 6.29 Å². The van der Waals surface area contributed by atoms with Crippen molar-refractivity contribution in [2.45, 2.75) is 13.8 Å². The van der Waals surface area contributed by atoms with E-state index in [1.165, 1.54) is 5.69 Å². The highest BCUT2D eigenvalue weighted by Crippen LogP contribution is 2.28. The molecule has 0 atom stereocenters. The van der Waals surface area contributed by atoms with Gasteiger partial charge in [-0.3, -0.25) is 9.20 Å². The average Bonchev–Trinajstić information content (AvgIpc) is 3.02. The molecule has 120 valence electrons. The number of carbonyl (C=O) groups is 1. The number of anilines is 1. The van der Waals surface area contributed by atoms with E-state index in [2.05, 4.69) is 46.3 Å². The van der Waals surface area contributed by atoms with E-state index in [1.807, 2.05) is 30.3 Å². The minimum atomic E-state index is 0.620. The van der Waals surface area contributed by atoms with Gasteiger partial charge in [-0.25, -0.2) is 4.98 Å². The van der Waals surface area contributed by atoms with Crippen molar-refractivity contribution in [3.05, 3.63) is 54.1 Å². The standard InChI is InChI=1S/C20H19N3O/c1-3-22(4-2)16-10-9-14-11-15(13-24)20-21-17-7-5-6-8-18(17)23(20)19(14)12-16/h5-13H,3-4H2,1-2H3. The monoisotopic (exact) mass is 317 g/mol. The molecule has 0 aliphatic carbocycles. The maximum absolute atomic E-state index is 11.5. The summed E-state index contributed by atoms with van der Waals surface area (Å²) in [6, 6.07) is 16.3. The van der Waals surface area contributed by atoms with E-state index in [1.54, 1.807) is 0 Å². The predicted octanol–water partition coefficient (Wildman–Crippen LogP) is 4.30. The Morgan fingerprint density at radius 1 is 1.04 bits per heavy atom. The molecule has 0 unspecified atom stereocenters. The molecule has 0 bridgehead atoms. The van der Waals surface area contributed by atoms with Crippen molar-refractivity contribution in [2.75, 3.05) is 18.0 Å². The summed E-state index contributed by atoms with van der Waals surface area (Å²) < 4.78 is 2.10. The molecule has 0 saturated heterocycles. The van der Waals surface area contributed by atoms with Gasteiger partial charge >= 0.3 is 0 Å². The van der Waals surface area contributed by atoms with E-state index in [9.17, 15) is 4.79 Å². The maximum atomic E-state index is 11.5. The van der Waals surface area contributed by atoms with Crippen molar-refractivity contribution in [3.8, 4) is 0 Å². The van der Waals surface area contributed by atoms with Gasteiger partial charge < -0.3 is 4.90 Å². The summed E-state index contributed by atoms with van der Waals surface area (Å²) >= 11 is 0. The Labute approximate surface area is 140 Å². The lowest BCUT2D eigenvalue weighted by atomic mass is 10.1. The third-order valence-corrected chi connectivity index (χ3v) is 4.64. The van der Waals surface area contributed by atoms with E-state index < -0.39 is 0 Å². The van der Waals surface area contributed by atoms with Gasteiger partial charge in [0.2, 0.25) is 0 Å². The summed E-state index contributed by atoms with van der Waals surface area (Å²) in [4.78, 5) is 18.5. The van der Waals surface area contributed by atoms with Crippen molar-refractivity contribution >= 4 is 39.6 Å². The highest BCUT2D eigenvalue weighted by molar-refractivity contribution is 5.99. The second-order valence-corrected chi connectivity index (χ2v) is 5.89. The highest BCUT2D eigenvalue weighted by Gasteiger charge is 2.13. The maximum Gasteiger partial charge on any atom is 0.153 e. The van der Waals surface area contributed by atoms with Crippen LogP contribution in [0.15, 0.2) is 48.5 Å². The predicted molar refractivity (Wildman–Crippen MR) is 99.2 cm³/mol. The van der Waals surface area contributed by atoms with Gasteiger partial charge in [0, 0.05) is 18.8 Å². The molecule has 2 heterocycles. The molecule has 0 spiro atoms. The lowest BCUT2D eigenvalue weighted by Crippen LogP contribution is -2.21. The molecule has 0 fully saturated rings. The third kappa shape index (κ3) is 2.07. The molecule has 0 saturated carbocycles. The van der Waals surface area contributed by atoms with E-state index in [0.717, 1.165) is 47.0 Å². The Morgan fingerprint density at radius 3 is 2.58 bits per heavy atom. The minimum Gasteiger partial charge on any atom is -0.372 e. The van der Waals surface area contributed by atoms with Gasteiger partial charge in [-0.1, -0.05) is 18.2 Å². The fourth-order valence-electron chi connectivity index (χ4n) is 3.42. The molecule has 4 rings (SSSR count). The number of fused-ring (bicyclic) bond motifs is 5. The normalized spacial score (nSPS) is 11.4. The number of rotatable bonds is 4. The summed E-state index contributed by atoms with van der Waals surface area (Å²) in [5.41, 5.74) is 5.53. The van der Waals surface area contributed by atoms with Crippen LogP contribution in [0.4, 0.5) is 5.69 Å². The molecule has 24 heavy (non-hydrogen) atoms. The number of pyridine rings is 1. The van der Waals surface area contributed by atoms with Gasteiger partial charge in [-0.2, -0.15) is 0 Å². The molecule has 0 aliphatic rings. The molecule has 2 aromatic carbocycles. The average molecular weight is 317 g/mol. The first-order chi connectivity index (χ1) is 11.8. The van der Waals surface area contributed by atoms with Crippen LogP contribution < -0.4 is 4.90 Å². The summed E-state index contributed by atoms with van der Waals surface area (Å²) in [5, 5.41) is 1.05. The second-order valence-electron chi connectivity index (χ2n) is 5.89. The fourth-order valence-corrected chi connectivity index (χ4v) is 3.42. The van der Waals surface area contributed by atoms with Crippen molar-refractivity contribution in [1.29, 1.82) is 0 Å². The second kappa shape index (κ2) is 5.64. The number of para-hydroxylation sites is 2. The molecule has 0 amide bonds. The molecule has 0 radical (unpaired) electrons. The Balaban J connectivity index is 2.16. The molecular formula is C20H19N3O. The van der Waals surface area contributed by atoms with Crippen LogP contribution in [-0.4, -0.2) is 28.8 Å². The number of aromatic nitrogens is 2. The fraction of sp³-hybridized carbons (Fsp3) is 0.200. The molecule has 4 heteroatoms. The summed E-state index contributed by atoms with van der Waals surface area (Å²) in [5.74, 6) is 0. The minimum absolute atomic E-state index is 0.620. The van der Waals surface area contributed by atoms with E-state index >= 15 is 0 Å². The SMILES string of the molecule is CCN(CC)c1ccc2cc(C=O)c3nc4ccccc4n3c2c1. The van der Waals surface area contributed by atoms with E-state index in [4.69, 9.17) is 0 Å². The number of imidazole rings is 1. The van der Waals surface area contributed by atoms with Gasteiger partial charge in [-0.05, 0) is 49.6 Å². The Bertz CT molecular complexity index is 1060. The molecule has 2 aromatic heterocycles. The van der Waals surface area contributed by atoms with Crippen molar-refractivity contribution in [3.63, 3.8) is 0 Å². The third-order valence-electron chi connectivity index (χ3n) is 4.64. The van der Waals surface area contributed by atoms with Crippen LogP contribution in [0, 0.1) is 0 Å². The Hall–Kier alpha value is -2.88. The highest BCUT2D eigenvalue weighted by atomic mass is 16.1. The van der Waals surface area contributed by atoms with Crippen molar-refractivity contribution < 1.29 is 4.79 Å². The molecule has 0 aliphatic heterocycles. The van der Waals surface area contributed by atoms with Crippen LogP contribution in [0.1, 0.15) is 24.2 Å². The van der Waals surface area contributed by atoms with Crippen LogP contribution in [0.3, 0.4) is 0 Å². The summed E-state index contributed by atoms with van der Waals surface area (Å²) in [6.07, 6.45) is 0.888. The lowest BCUT2D eigenvalue weighted by molar-refractivity contribution is 0.112. The van der Waals surface area contributed by atoms with Crippen LogP contribution in [0.2, 0.25) is 0 Å². The zero-order chi connectivity index (χ0) is 16.7. The molecule has 4 nitrogen and oxygen atoms in total. The largest absolute Gasteiger partial charge is 0.372 e. The smallest absolute Gasteiger partial charge is 0.153 e. The van der Waals surface area contributed by atoms with Crippen molar-refractivity contribution in [1.82, 2.24) is 9.38 Å². The quantitative estimate of drug-likeness (QED) is 0.527. The number of nitrogens with zero attached hydrogens (tertiary/aromatic N) is 3. The van der Waals surface area contributed by atoms with Gasteiger partial charge in [-0.15, -0.1) is 0 Å². The number of hydrogen-bond donors (Lipinski definition) is 0. The summed E-state index contributed by atoms with van der Waals surface area (Å²) in [6.45, 7) is 6.24. The number of carbonyl (C=O) groups excluding carboxylic acids is 1. The zero-order valence-electron chi connectivity index (χ0n) is 13.9. The number of hydrogen-bond acceptors (Lipinski definition) is 3. The first-order valence-electron chi connectivity index (χ1n) is 8.31. The van der Waals surface area contributed by atoms with Crippen LogP contribution in [0.25, 0.3) is 27.6 Å². The first-order valence-corrected chi connectivity index (χ1v) is 8.31. The molecular weight excluding hydrogens is 298 g/mol. The lowest BCUT2D eigenvalue weighted by Gasteiger charge is -2.21.